The van der Waals surface area contributed by atoms with E-state index in [1.165, 1.54) is 0 Å². The summed E-state index contributed by atoms with van der Waals surface area (Å²) in [7, 11) is 3.22. The summed E-state index contributed by atoms with van der Waals surface area (Å²) < 4.78 is 10.5. The summed E-state index contributed by atoms with van der Waals surface area (Å²) in [6.45, 7) is 6.37. The molecule has 0 bridgehead atoms. The Hall–Kier alpha value is -1.89. The van der Waals surface area contributed by atoms with Crippen molar-refractivity contribution in [1.82, 2.24) is 0 Å². The molecule has 1 aromatic rings. The second-order valence-corrected chi connectivity index (χ2v) is 4.87. The zero-order valence-corrected chi connectivity index (χ0v) is 11.6. The number of nitrogens with zero attached hydrogens (tertiary/aromatic N) is 1. The molecule has 0 amide bonds. The Labute approximate surface area is 109 Å². The lowest BCUT2D eigenvalue weighted by Gasteiger charge is -2.19. The molecule has 0 saturated heterocycles. The number of nitrogens with one attached hydrogen (secondary N) is 1. The van der Waals surface area contributed by atoms with Crippen LogP contribution in [0, 0.1) is 23.7 Å². The molecule has 1 N–H and O–H groups in total. The predicted octanol–water partition coefficient (Wildman–Crippen LogP) is 2.97. The minimum atomic E-state index is -0.403. The third kappa shape index (κ3) is 3.30. The van der Waals surface area contributed by atoms with Crippen molar-refractivity contribution in [3.05, 3.63) is 17.7 Å². The highest BCUT2D eigenvalue weighted by Gasteiger charge is 2.17. The predicted molar refractivity (Wildman–Crippen MR) is 72.2 cm³/mol. The zero-order chi connectivity index (χ0) is 13.8. The van der Waals surface area contributed by atoms with Crippen LogP contribution in [-0.4, -0.2) is 20.8 Å². The van der Waals surface area contributed by atoms with Gasteiger partial charge in [-0.05, 0) is 32.4 Å². The number of hydrogen-bond donors (Lipinski definition) is 1. The van der Waals surface area contributed by atoms with Crippen molar-refractivity contribution < 1.29 is 9.47 Å². The van der Waals surface area contributed by atoms with Gasteiger partial charge in [0.25, 0.3) is 0 Å². The summed E-state index contributed by atoms with van der Waals surface area (Å²) in [5.74, 6) is 1.39. The third-order valence-corrected chi connectivity index (χ3v) is 2.75. The molecule has 0 aromatic heterocycles. The van der Waals surface area contributed by atoms with Crippen LogP contribution in [0.3, 0.4) is 0 Å². The van der Waals surface area contributed by atoms with Gasteiger partial charge in [0.1, 0.15) is 0 Å². The molecule has 0 aliphatic carbocycles. The molecule has 1 rings (SSSR count). The van der Waals surface area contributed by atoms with Crippen LogP contribution in [0.5, 0.6) is 11.5 Å². The Morgan fingerprint density at radius 1 is 1.22 bits per heavy atom. The van der Waals surface area contributed by atoms with Gasteiger partial charge in [-0.3, -0.25) is 0 Å². The van der Waals surface area contributed by atoms with E-state index in [9.17, 15) is 0 Å². The summed E-state index contributed by atoms with van der Waals surface area (Å²) >= 11 is 0. The molecule has 0 atom stereocenters. The molecule has 0 unspecified atom stereocenters. The molecule has 0 radical (unpaired) electrons. The Morgan fingerprint density at radius 3 is 2.28 bits per heavy atom. The molecule has 0 saturated carbocycles. The number of rotatable bonds is 5. The van der Waals surface area contributed by atoms with Crippen molar-refractivity contribution >= 4 is 5.69 Å². The molecule has 0 aliphatic rings. The summed E-state index contributed by atoms with van der Waals surface area (Å²) in [5, 5.41) is 12.3. The van der Waals surface area contributed by atoms with E-state index in [0.717, 1.165) is 11.3 Å². The van der Waals surface area contributed by atoms with Crippen molar-refractivity contribution in [3.63, 3.8) is 0 Å². The van der Waals surface area contributed by atoms with Gasteiger partial charge in [-0.15, -0.1) is 0 Å². The van der Waals surface area contributed by atoms with Crippen molar-refractivity contribution in [3.8, 4) is 17.6 Å². The van der Waals surface area contributed by atoms with Gasteiger partial charge in [-0.25, -0.2) is 0 Å². The lowest BCUT2D eigenvalue weighted by molar-refractivity contribution is 0.355. The Balaban J connectivity index is 2.94. The molecule has 98 valence electrons. The normalized spacial score (nSPS) is 10.7. The average molecular weight is 248 g/mol. The molecule has 18 heavy (non-hydrogen) atoms. The number of hydrogen-bond acceptors (Lipinski definition) is 4. The first-order valence-corrected chi connectivity index (χ1v) is 5.81. The van der Waals surface area contributed by atoms with Gasteiger partial charge >= 0.3 is 0 Å². The summed E-state index contributed by atoms with van der Waals surface area (Å²) in [4.78, 5) is 0. The van der Waals surface area contributed by atoms with Crippen molar-refractivity contribution in [1.29, 1.82) is 5.26 Å². The Morgan fingerprint density at radius 2 is 1.78 bits per heavy atom. The summed E-state index contributed by atoms with van der Waals surface area (Å²) in [6.07, 6.45) is 0. The van der Waals surface area contributed by atoms with E-state index in [-0.39, 0.29) is 0 Å². The van der Waals surface area contributed by atoms with E-state index < -0.39 is 5.41 Å². The first-order valence-electron chi connectivity index (χ1n) is 5.81. The fraction of sp³-hybridized carbons (Fsp3) is 0.500. The van der Waals surface area contributed by atoms with Crippen LogP contribution in [0.15, 0.2) is 12.1 Å². The lowest BCUT2D eigenvalue weighted by atomic mass is 9.96. The minimum Gasteiger partial charge on any atom is -0.493 e. The molecule has 0 aliphatic heterocycles. The summed E-state index contributed by atoms with van der Waals surface area (Å²) in [5.41, 5.74) is 1.61. The number of nitriles is 1. The van der Waals surface area contributed by atoms with Crippen molar-refractivity contribution in [2.45, 2.75) is 20.8 Å². The number of ether oxygens (including phenoxy) is 2. The standard InChI is InChI=1S/C14H20N2O2/c1-10-6-12(17-4)13(18-5)7-11(10)16-9-14(2,3)8-15/h6-7,16H,9H2,1-5H3. The number of methoxy groups -OCH3 is 2. The smallest absolute Gasteiger partial charge is 0.162 e. The van der Waals surface area contributed by atoms with Gasteiger partial charge in [0.05, 0.1) is 25.7 Å². The maximum atomic E-state index is 8.99. The molecule has 0 heterocycles. The second kappa shape index (κ2) is 5.63. The highest BCUT2D eigenvalue weighted by molar-refractivity contribution is 5.60. The van der Waals surface area contributed by atoms with E-state index >= 15 is 0 Å². The first kappa shape index (κ1) is 14.2. The van der Waals surface area contributed by atoms with E-state index in [4.69, 9.17) is 14.7 Å². The van der Waals surface area contributed by atoms with Crippen molar-refractivity contribution in [2.24, 2.45) is 5.41 Å². The Bertz CT molecular complexity index is 462. The molecule has 0 spiro atoms. The van der Waals surface area contributed by atoms with Gasteiger partial charge in [0, 0.05) is 18.3 Å². The number of benzene rings is 1. The maximum Gasteiger partial charge on any atom is 0.162 e. The highest BCUT2D eigenvalue weighted by atomic mass is 16.5. The first-order chi connectivity index (χ1) is 8.43. The van der Waals surface area contributed by atoms with Crippen LogP contribution >= 0.6 is 0 Å². The molecule has 1 aromatic carbocycles. The fourth-order valence-corrected chi connectivity index (χ4v) is 1.53. The van der Waals surface area contributed by atoms with Gasteiger partial charge in [0.15, 0.2) is 11.5 Å². The van der Waals surface area contributed by atoms with Crippen LogP contribution in [0.2, 0.25) is 0 Å². The molecular formula is C14H20N2O2. The quantitative estimate of drug-likeness (QED) is 0.870. The molecule has 4 heteroatoms. The van der Waals surface area contributed by atoms with E-state index in [0.29, 0.717) is 18.0 Å². The molecule has 4 nitrogen and oxygen atoms in total. The van der Waals surface area contributed by atoms with E-state index in [2.05, 4.69) is 11.4 Å². The molecular weight excluding hydrogens is 228 g/mol. The topological polar surface area (TPSA) is 54.3 Å². The number of anilines is 1. The van der Waals surface area contributed by atoms with Gasteiger partial charge in [0.2, 0.25) is 0 Å². The van der Waals surface area contributed by atoms with Crippen LogP contribution in [0.4, 0.5) is 5.69 Å². The van der Waals surface area contributed by atoms with Crippen LogP contribution in [0.25, 0.3) is 0 Å². The highest BCUT2D eigenvalue weighted by Crippen LogP contribution is 2.33. The maximum absolute atomic E-state index is 8.99. The molecule has 0 fully saturated rings. The number of aryl methyl sites for hydroxylation is 1. The average Bonchev–Trinajstić information content (AvgIpc) is 2.36. The Kier molecular flexibility index (Phi) is 4.43. The third-order valence-electron chi connectivity index (χ3n) is 2.75. The second-order valence-electron chi connectivity index (χ2n) is 4.87. The van der Waals surface area contributed by atoms with Crippen molar-refractivity contribution in [2.75, 3.05) is 26.1 Å². The van der Waals surface area contributed by atoms with E-state index in [1.807, 2.05) is 32.9 Å². The minimum absolute atomic E-state index is 0.403. The van der Waals surface area contributed by atoms with Gasteiger partial charge < -0.3 is 14.8 Å². The SMILES string of the molecule is COc1cc(C)c(NCC(C)(C)C#N)cc1OC. The van der Waals surface area contributed by atoms with Gasteiger partial charge in [-0.2, -0.15) is 5.26 Å². The van der Waals surface area contributed by atoms with Gasteiger partial charge in [-0.1, -0.05) is 0 Å². The zero-order valence-electron chi connectivity index (χ0n) is 11.6. The lowest BCUT2D eigenvalue weighted by Crippen LogP contribution is -2.21. The summed E-state index contributed by atoms with van der Waals surface area (Å²) in [6, 6.07) is 6.07. The fourth-order valence-electron chi connectivity index (χ4n) is 1.53. The van der Waals surface area contributed by atoms with Crippen LogP contribution in [0.1, 0.15) is 19.4 Å². The van der Waals surface area contributed by atoms with E-state index in [1.54, 1.807) is 14.2 Å². The monoisotopic (exact) mass is 248 g/mol. The largest absolute Gasteiger partial charge is 0.493 e. The van der Waals surface area contributed by atoms with Crippen LogP contribution < -0.4 is 14.8 Å². The van der Waals surface area contributed by atoms with Crippen LogP contribution in [-0.2, 0) is 0 Å².